The molecule has 1 aromatic heterocycles. The van der Waals surface area contributed by atoms with Crippen LogP contribution in [0.3, 0.4) is 0 Å². The lowest BCUT2D eigenvalue weighted by Gasteiger charge is -2.00. The monoisotopic (exact) mass is 301 g/mol. The topological polar surface area (TPSA) is 85.2 Å². The normalized spacial score (nSPS) is 10.7. The third-order valence-corrected chi connectivity index (χ3v) is 3.42. The fraction of sp³-hybridized carbons (Fsp3) is 0.0667. The Kier molecular flexibility index (Phi) is 3.50. The minimum absolute atomic E-state index is 0.0227. The summed E-state index contributed by atoms with van der Waals surface area (Å²) in [5, 5.41) is 14.0. The fourth-order valence-electron chi connectivity index (χ4n) is 1.94. The molecule has 21 heavy (non-hydrogen) atoms. The van der Waals surface area contributed by atoms with Gasteiger partial charge in [-0.15, -0.1) is 0 Å². The Balaban J connectivity index is 1.86. The highest BCUT2D eigenvalue weighted by molar-refractivity contribution is 6.31. The summed E-state index contributed by atoms with van der Waals surface area (Å²) < 4.78 is 5.22. The summed E-state index contributed by atoms with van der Waals surface area (Å²) in [6.45, 7) is 0. The highest BCUT2D eigenvalue weighted by Gasteiger charge is 2.11. The molecule has 0 spiro atoms. The van der Waals surface area contributed by atoms with Crippen molar-refractivity contribution in [1.82, 2.24) is 10.1 Å². The molecule has 1 heterocycles. The Morgan fingerprint density at radius 3 is 2.76 bits per heavy atom. The van der Waals surface area contributed by atoms with Crippen LogP contribution in [-0.2, 0) is 6.42 Å². The minimum Gasteiger partial charge on any atom is -0.506 e. The summed E-state index contributed by atoms with van der Waals surface area (Å²) in [6, 6.07) is 12.2. The lowest BCUT2D eigenvalue weighted by molar-refractivity contribution is 0.424. The van der Waals surface area contributed by atoms with Crippen LogP contribution < -0.4 is 5.73 Å². The molecular formula is C15H12ClN3O2. The first-order valence-electron chi connectivity index (χ1n) is 6.28. The number of anilines is 1. The minimum atomic E-state index is 0.0227. The van der Waals surface area contributed by atoms with Crippen molar-refractivity contribution in [2.75, 3.05) is 5.73 Å². The van der Waals surface area contributed by atoms with Gasteiger partial charge in [-0.1, -0.05) is 35.0 Å². The van der Waals surface area contributed by atoms with Crippen LogP contribution in [0.4, 0.5) is 5.69 Å². The van der Waals surface area contributed by atoms with Gasteiger partial charge in [0.15, 0.2) is 5.82 Å². The maximum atomic E-state index is 9.41. The predicted molar refractivity (Wildman–Crippen MR) is 80.1 cm³/mol. The van der Waals surface area contributed by atoms with Crippen LogP contribution in [-0.4, -0.2) is 15.2 Å². The lowest BCUT2D eigenvalue weighted by Crippen LogP contribution is -1.92. The van der Waals surface area contributed by atoms with Crippen molar-refractivity contribution in [1.29, 1.82) is 0 Å². The molecule has 0 atom stereocenters. The van der Waals surface area contributed by atoms with Crippen molar-refractivity contribution >= 4 is 17.3 Å². The van der Waals surface area contributed by atoms with Crippen molar-refractivity contribution in [2.45, 2.75) is 6.42 Å². The van der Waals surface area contributed by atoms with Gasteiger partial charge in [-0.2, -0.15) is 4.98 Å². The van der Waals surface area contributed by atoms with E-state index in [1.165, 1.54) is 6.07 Å². The van der Waals surface area contributed by atoms with Crippen LogP contribution in [0.1, 0.15) is 11.4 Å². The summed E-state index contributed by atoms with van der Waals surface area (Å²) in [7, 11) is 0. The Hall–Kier alpha value is -2.53. The molecule has 106 valence electrons. The largest absolute Gasteiger partial charge is 0.506 e. The van der Waals surface area contributed by atoms with Gasteiger partial charge < -0.3 is 15.4 Å². The Bertz CT molecular complexity index is 786. The molecule has 0 saturated heterocycles. The average Bonchev–Trinajstić information content (AvgIpc) is 2.93. The molecule has 5 nitrogen and oxygen atoms in total. The van der Waals surface area contributed by atoms with E-state index in [0.29, 0.717) is 28.7 Å². The second kappa shape index (κ2) is 5.46. The molecule has 3 rings (SSSR count). The summed E-state index contributed by atoms with van der Waals surface area (Å²) in [5.41, 5.74) is 7.50. The average molecular weight is 302 g/mol. The summed E-state index contributed by atoms with van der Waals surface area (Å²) in [4.78, 5) is 4.31. The third kappa shape index (κ3) is 2.83. The molecule has 0 aliphatic heterocycles. The molecule has 3 N–H and O–H groups in total. The number of rotatable bonds is 3. The van der Waals surface area contributed by atoms with Crippen LogP contribution in [0.5, 0.6) is 5.75 Å². The van der Waals surface area contributed by atoms with E-state index in [1.54, 1.807) is 12.1 Å². The highest BCUT2D eigenvalue weighted by atomic mass is 35.5. The molecule has 0 unspecified atom stereocenters. The SMILES string of the molecule is Nc1cc(-c2nc(Cc3ccccc3Cl)no2)ccc1O. The summed E-state index contributed by atoms with van der Waals surface area (Å²) in [5.74, 6) is 0.906. The maximum Gasteiger partial charge on any atom is 0.258 e. The van der Waals surface area contributed by atoms with Gasteiger partial charge in [0, 0.05) is 17.0 Å². The maximum absolute atomic E-state index is 9.41. The van der Waals surface area contributed by atoms with Crippen LogP contribution in [0.15, 0.2) is 47.0 Å². The van der Waals surface area contributed by atoms with Crippen molar-refractivity contribution < 1.29 is 9.63 Å². The van der Waals surface area contributed by atoms with E-state index in [0.717, 1.165) is 5.56 Å². The van der Waals surface area contributed by atoms with Crippen molar-refractivity contribution in [3.05, 3.63) is 58.9 Å². The van der Waals surface area contributed by atoms with Gasteiger partial charge in [0.25, 0.3) is 5.89 Å². The molecule has 0 radical (unpaired) electrons. The van der Waals surface area contributed by atoms with E-state index in [9.17, 15) is 5.11 Å². The van der Waals surface area contributed by atoms with Crippen molar-refractivity contribution in [3.8, 4) is 17.2 Å². The van der Waals surface area contributed by atoms with Gasteiger partial charge in [-0.25, -0.2) is 0 Å². The summed E-state index contributed by atoms with van der Waals surface area (Å²) in [6.07, 6.45) is 0.483. The zero-order valence-electron chi connectivity index (χ0n) is 11.0. The van der Waals surface area contributed by atoms with Gasteiger partial charge in [0.1, 0.15) is 5.75 Å². The Morgan fingerprint density at radius 2 is 2.00 bits per heavy atom. The standard InChI is InChI=1S/C15H12ClN3O2/c16-11-4-2-1-3-9(11)8-14-18-15(21-19-14)10-5-6-13(20)12(17)7-10/h1-7,20H,8,17H2. The fourth-order valence-corrected chi connectivity index (χ4v) is 2.15. The Morgan fingerprint density at radius 1 is 1.19 bits per heavy atom. The van der Waals surface area contributed by atoms with Crippen LogP contribution in [0, 0.1) is 0 Å². The van der Waals surface area contributed by atoms with E-state index in [2.05, 4.69) is 10.1 Å². The molecule has 0 aliphatic rings. The van der Waals surface area contributed by atoms with Crippen molar-refractivity contribution in [3.63, 3.8) is 0 Å². The molecule has 6 heteroatoms. The number of aromatic hydroxyl groups is 1. The number of phenolic OH excluding ortho intramolecular Hbond substituents is 1. The quantitative estimate of drug-likeness (QED) is 0.573. The van der Waals surface area contributed by atoms with Gasteiger partial charge in [0.2, 0.25) is 0 Å². The van der Waals surface area contributed by atoms with E-state index < -0.39 is 0 Å². The van der Waals surface area contributed by atoms with E-state index in [1.807, 2.05) is 24.3 Å². The number of phenols is 1. The van der Waals surface area contributed by atoms with Crippen molar-refractivity contribution in [2.24, 2.45) is 0 Å². The van der Waals surface area contributed by atoms with Crippen LogP contribution >= 0.6 is 11.6 Å². The first kappa shape index (κ1) is 13.5. The lowest BCUT2D eigenvalue weighted by atomic mass is 10.1. The van der Waals surface area contributed by atoms with Crippen LogP contribution in [0.25, 0.3) is 11.5 Å². The Labute approximate surface area is 126 Å². The number of nitrogens with zero attached hydrogens (tertiary/aromatic N) is 2. The first-order valence-corrected chi connectivity index (χ1v) is 6.66. The van der Waals surface area contributed by atoms with Gasteiger partial charge in [-0.3, -0.25) is 0 Å². The number of nitrogens with two attached hydrogens (primary N) is 1. The molecule has 0 bridgehead atoms. The third-order valence-electron chi connectivity index (χ3n) is 3.05. The van der Waals surface area contributed by atoms with Gasteiger partial charge in [0.05, 0.1) is 5.69 Å². The second-order valence-corrected chi connectivity index (χ2v) is 4.96. The number of benzene rings is 2. The number of hydrogen-bond acceptors (Lipinski definition) is 5. The zero-order chi connectivity index (χ0) is 14.8. The number of aromatic nitrogens is 2. The second-order valence-electron chi connectivity index (χ2n) is 4.56. The molecular weight excluding hydrogens is 290 g/mol. The highest BCUT2D eigenvalue weighted by Crippen LogP contribution is 2.27. The van der Waals surface area contributed by atoms with E-state index in [-0.39, 0.29) is 11.4 Å². The predicted octanol–water partition coefficient (Wildman–Crippen LogP) is 3.27. The number of hydrogen-bond donors (Lipinski definition) is 2. The number of halogens is 1. The first-order chi connectivity index (χ1) is 10.1. The van der Waals surface area contributed by atoms with E-state index >= 15 is 0 Å². The van der Waals surface area contributed by atoms with Crippen LogP contribution in [0.2, 0.25) is 5.02 Å². The van der Waals surface area contributed by atoms with E-state index in [4.69, 9.17) is 21.9 Å². The molecule has 2 aromatic carbocycles. The zero-order valence-corrected chi connectivity index (χ0v) is 11.7. The molecule has 3 aromatic rings. The molecule has 0 fully saturated rings. The summed E-state index contributed by atoms with van der Waals surface area (Å²) >= 11 is 6.11. The smallest absolute Gasteiger partial charge is 0.258 e. The van der Waals surface area contributed by atoms with Gasteiger partial charge in [-0.05, 0) is 29.8 Å². The molecule has 0 aliphatic carbocycles. The molecule has 0 amide bonds. The van der Waals surface area contributed by atoms with Gasteiger partial charge >= 0.3 is 0 Å². The number of nitrogen functional groups attached to an aromatic ring is 1. The molecule has 0 saturated carbocycles.